The molecule has 1 atom stereocenters. The molecule has 1 unspecified atom stereocenters. The molecular formula is C54H40N2O. The Morgan fingerprint density at radius 1 is 0.544 bits per heavy atom. The van der Waals surface area contributed by atoms with E-state index in [-0.39, 0.29) is 6.17 Å². The summed E-state index contributed by atoms with van der Waals surface area (Å²) in [7, 11) is 2.15. The highest BCUT2D eigenvalue weighted by Crippen LogP contribution is 2.62. The minimum absolute atomic E-state index is 0.151. The maximum Gasteiger partial charge on any atom is 0.147 e. The molecule has 3 nitrogen and oxygen atoms in total. The van der Waals surface area contributed by atoms with Gasteiger partial charge in [-0.1, -0.05) is 170 Å². The number of para-hydroxylation sites is 1. The van der Waals surface area contributed by atoms with Crippen molar-refractivity contribution in [3.8, 4) is 33.8 Å². The summed E-state index contributed by atoms with van der Waals surface area (Å²) in [4.78, 5) is 7.63. The first-order chi connectivity index (χ1) is 28.2. The third-order valence-corrected chi connectivity index (χ3v) is 12.2. The highest BCUT2D eigenvalue weighted by Gasteiger charge is 2.51. The largest absolute Gasteiger partial charge is 0.457 e. The van der Waals surface area contributed by atoms with Crippen LogP contribution in [0.3, 0.4) is 0 Å². The Hall–Kier alpha value is -6.97. The molecule has 0 saturated carbocycles. The molecule has 7 aromatic carbocycles. The molecule has 2 heterocycles. The van der Waals surface area contributed by atoms with Crippen LogP contribution in [0.1, 0.15) is 63.5 Å². The maximum absolute atomic E-state index is 6.70. The number of aliphatic imine (C=N–C) groups is 1. The Bertz CT molecular complexity index is 2780. The van der Waals surface area contributed by atoms with Crippen molar-refractivity contribution in [2.24, 2.45) is 4.99 Å². The van der Waals surface area contributed by atoms with Gasteiger partial charge in [-0.15, -0.1) is 0 Å². The number of hydrogen-bond donors (Lipinski definition) is 0. The molecule has 0 bridgehead atoms. The lowest BCUT2D eigenvalue weighted by atomic mass is 9.66. The zero-order chi connectivity index (χ0) is 37.9. The Kier molecular flexibility index (Phi) is 7.82. The van der Waals surface area contributed by atoms with Gasteiger partial charge in [0.05, 0.1) is 11.1 Å². The summed E-state index contributed by atoms with van der Waals surface area (Å²) in [6, 6.07) is 61.6. The lowest BCUT2D eigenvalue weighted by Crippen LogP contribution is -2.32. The molecule has 0 saturated heterocycles. The summed E-state index contributed by atoms with van der Waals surface area (Å²) in [5.41, 5.74) is 17.4. The number of ether oxygens (including phenoxy) is 1. The summed E-state index contributed by atoms with van der Waals surface area (Å²) < 4.78 is 6.70. The molecule has 11 rings (SSSR count). The average Bonchev–Trinajstić information content (AvgIpc) is 3.58. The fraction of sp³-hybridized carbons (Fsp3) is 0.0926. The lowest BCUT2D eigenvalue weighted by Gasteiger charge is -2.39. The first-order valence-electron chi connectivity index (χ1n) is 19.9. The fourth-order valence-electron chi connectivity index (χ4n) is 9.52. The van der Waals surface area contributed by atoms with Gasteiger partial charge in [-0.3, -0.25) is 4.99 Å². The molecule has 0 radical (unpaired) electrons. The quantitative estimate of drug-likeness (QED) is 0.176. The summed E-state index contributed by atoms with van der Waals surface area (Å²) in [6.07, 6.45) is 11.1. The number of hydrogen-bond acceptors (Lipinski definition) is 3. The second kappa shape index (κ2) is 13.4. The number of fused-ring (bicyclic) bond motifs is 9. The maximum atomic E-state index is 6.70. The minimum Gasteiger partial charge on any atom is -0.457 e. The van der Waals surface area contributed by atoms with E-state index in [9.17, 15) is 0 Å². The van der Waals surface area contributed by atoms with Gasteiger partial charge in [-0.2, -0.15) is 0 Å². The van der Waals surface area contributed by atoms with Crippen LogP contribution in [0.25, 0.3) is 33.5 Å². The van der Waals surface area contributed by atoms with E-state index in [0.29, 0.717) is 0 Å². The molecule has 0 amide bonds. The monoisotopic (exact) mass is 732 g/mol. The van der Waals surface area contributed by atoms with Crippen LogP contribution in [0.5, 0.6) is 11.5 Å². The van der Waals surface area contributed by atoms with E-state index in [1.807, 2.05) is 0 Å². The SMILES string of the molecule is CN1C(c2ccc(-c3ccc4c(c3)C3(c5ccccc5O4)c4ccccc4-c4ccccc43)cc2)=CC(c2ccc(C3=CCCC=C3)cc2)=NC1c1ccccc1. The smallest absolute Gasteiger partial charge is 0.147 e. The van der Waals surface area contributed by atoms with Gasteiger partial charge in [0, 0.05) is 23.9 Å². The third-order valence-electron chi connectivity index (χ3n) is 12.2. The first kappa shape index (κ1) is 33.4. The predicted octanol–water partition coefficient (Wildman–Crippen LogP) is 13.0. The van der Waals surface area contributed by atoms with Crippen LogP contribution in [-0.4, -0.2) is 17.7 Å². The van der Waals surface area contributed by atoms with E-state index in [1.54, 1.807) is 0 Å². The highest BCUT2D eigenvalue weighted by atomic mass is 16.5. The molecule has 4 aliphatic rings. The molecule has 0 aromatic heterocycles. The van der Waals surface area contributed by atoms with Gasteiger partial charge < -0.3 is 9.64 Å². The lowest BCUT2D eigenvalue weighted by molar-refractivity contribution is 0.364. The second-order valence-electron chi connectivity index (χ2n) is 15.4. The van der Waals surface area contributed by atoms with Crippen molar-refractivity contribution < 1.29 is 4.74 Å². The molecule has 57 heavy (non-hydrogen) atoms. The summed E-state index contributed by atoms with van der Waals surface area (Å²) in [5.74, 6) is 1.80. The van der Waals surface area contributed by atoms with Crippen LogP contribution >= 0.6 is 0 Å². The van der Waals surface area contributed by atoms with Gasteiger partial charge in [0.1, 0.15) is 17.7 Å². The Morgan fingerprint density at radius 3 is 1.86 bits per heavy atom. The topological polar surface area (TPSA) is 24.8 Å². The second-order valence-corrected chi connectivity index (χ2v) is 15.4. The molecule has 2 aliphatic heterocycles. The average molecular weight is 733 g/mol. The van der Waals surface area contributed by atoms with Gasteiger partial charge in [0.15, 0.2) is 0 Å². The van der Waals surface area contributed by atoms with Crippen LogP contribution in [-0.2, 0) is 5.41 Å². The molecule has 3 heteroatoms. The summed E-state index contributed by atoms with van der Waals surface area (Å²) in [6.45, 7) is 0. The minimum atomic E-state index is -0.493. The van der Waals surface area contributed by atoms with Crippen molar-refractivity contribution in [3.05, 3.63) is 239 Å². The molecule has 7 aromatic rings. The van der Waals surface area contributed by atoms with Crippen molar-refractivity contribution in [2.75, 3.05) is 7.05 Å². The van der Waals surface area contributed by atoms with E-state index in [4.69, 9.17) is 9.73 Å². The molecule has 0 fully saturated rings. The standard InChI is InChI=1S/C54H40N2O/c1-56-50(35-49(55-53(56)41-16-6-3-7-17-41)39-28-24-37(25-29-39)36-14-4-2-5-15-36)40-30-26-38(27-31-40)42-32-33-52-48(34-42)54(47-22-12-13-23-51(47)57-52)45-20-10-8-18-43(45)44-19-9-11-21-46(44)54/h3-4,6-35,53H,2,5H2,1H3. The molecular weight excluding hydrogens is 693 g/mol. The normalized spacial score (nSPS) is 17.0. The molecule has 1 spiro atoms. The van der Waals surface area contributed by atoms with E-state index in [2.05, 4.69) is 206 Å². The number of benzene rings is 7. The molecule has 272 valence electrons. The van der Waals surface area contributed by atoms with Gasteiger partial charge >= 0.3 is 0 Å². The fourth-order valence-corrected chi connectivity index (χ4v) is 9.52. The first-order valence-corrected chi connectivity index (χ1v) is 19.9. The van der Waals surface area contributed by atoms with Crippen LogP contribution < -0.4 is 4.74 Å². The van der Waals surface area contributed by atoms with Crippen molar-refractivity contribution in [3.63, 3.8) is 0 Å². The zero-order valence-electron chi connectivity index (χ0n) is 31.8. The molecule has 0 N–H and O–H groups in total. The van der Waals surface area contributed by atoms with Crippen LogP contribution in [0.2, 0.25) is 0 Å². The van der Waals surface area contributed by atoms with E-state index in [0.717, 1.165) is 63.6 Å². The third kappa shape index (κ3) is 5.30. The van der Waals surface area contributed by atoms with Gasteiger partial charge in [-0.25, -0.2) is 0 Å². The van der Waals surface area contributed by atoms with Gasteiger partial charge in [0.25, 0.3) is 0 Å². The van der Waals surface area contributed by atoms with Crippen LogP contribution in [0, 0.1) is 0 Å². The highest BCUT2D eigenvalue weighted by molar-refractivity contribution is 6.13. The van der Waals surface area contributed by atoms with Crippen LogP contribution in [0.15, 0.2) is 199 Å². The number of rotatable bonds is 5. The Balaban J connectivity index is 0.991. The summed E-state index contributed by atoms with van der Waals surface area (Å²) in [5, 5.41) is 0. The number of nitrogens with zero attached hydrogens (tertiary/aromatic N) is 2. The Labute approximate surface area is 334 Å². The van der Waals surface area contributed by atoms with E-state index < -0.39 is 5.41 Å². The van der Waals surface area contributed by atoms with E-state index >= 15 is 0 Å². The molecule has 2 aliphatic carbocycles. The van der Waals surface area contributed by atoms with Crippen molar-refractivity contribution in [1.29, 1.82) is 0 Å². The van der Waals surface area contributed by atoms with Crippen molar-refractivity contribution >= 4 is 17.0 Å². The summed E-state index contributed by atoms with van der Waals surface area (Å²) >= 11 is 0. The zero-order valence-corrected chi connectivity index (χ0v) is 31.8. The number of allylic oxidation sites excluding steroid dienone is 5. The van der Waals surface area contributed by atoms with E-state index in [1.165, 1.54) is 44.5 Å². The van der Waals surface area contributed by atoms with Crippen molar-refractivity contribution in [2.45, 2.75) is 24.4 Å². The Morgan fingerprint density at radius 2 is 1.14 bits per heavy atom. The van der Waals surface area contributed by atoms with Crippen molar-refractivity contribution in [1.82, 2.24) is 4.90 Å². The van der Waals surface area contributed by atoms with Crippen LogP contribution in [0.4, 0.5) is 0 Å². The van der Waals surface area contributed by atoms with Gasteiger partial charge in [0.2, 0.25) is 0 Å². The predicted molar refractivity (Wildman–Crippen MR) is 234 cm³/mol. The van der Waals surface area contributed by atoms with Gasteiger partial charge in [-0.05, 0) is 98.3 Å².